The molecule has 0 amide bonds. The van der Waals surface area contributed by atoms with Gasteiger partial charge in [0.05, 0.1) is 24.3 Å². The number of carbonyl (C=O) groups excluding carboxylic acids is 1. The number of alkyl halides is 3. The van der Waals surface area contributed by atoms with Crippen LogP contribution >= 0.6 is 23.1 Å². The number of rotatable bonds is 5. The van der Waals surface area contributed by atoms with Gasteiger partial charge in [0.25, 0.3) is 5.03 Å². The van der Waals surface area contributed by atoms with Crippen LogP contribution in [0.15, 0.2) is 27.7 Å². The van der Waals surface area contributed by atoms with Gasteiger partial charge in [0.1, 0.15) is 0 Å². The van der Waals surface area contributed by atoms with Gasteiger partial charge in [-0.05, 0) is 13.8 Å². The fourth-order valence-corrected chi connectivity index (χ4v) is 3.96. The normalized spacial score (nSPS) is 11.5. The van der Waals surface area contributed by atoms with Gasteiger partial charge in [-0.1, -0.05) is 0 Å². The number of nitrogens with zero attached hydrogens (tertiary/aromatic N) is 2. The Hall–Kier alpha value is -1.81. The Morgan fingerprint density at radius 2 is 2.21 bits per heavy atom. The third-order valence-electron chi connectivity index (χ3n) is 2.89. The highest BCUT2D eigenvalue weighted by Gasteiger charge is 2.32. The van der Waals surface area contributed by atoms with Crippen LogP contribution in [0.3, 0.4) is 0 Å². The monoisotopic (exact) mass is 378 g/mol. The lowest BCUT2D eigenvalue weighted by Gasteiger charge is -2.08. The largest absolute Gasteiger partial charge is 0.618 e. The van der Waals surface area contributed by atoms with Crippen molar-refractivity contribution >= 4 is 29.1 Å². The van der Waals surface area contributed by atoms with Crippen molar-refractivity contribution in [3.8, 4) is 0 Å². The summed E-state index contributed by atoms with van der Waals surface area (Å²) in [4.78, 5) is 16.4. The van der Waals surface area contributed by atoms with Crippen molar-refractivity contribution < 1.29 is 27.4 Å². The second-order valence-corrected chi connectivity index (χ2v) is 7.00. The molecule has 2 rings (SSSR count). The Kier molecular flexibility index (Phi) is 5.70. The van der Waals surface area contributed by atoms with Crippen molar-refractivity contribution in [3.63, 3.8) is 0 Å². The Balaban J connectivity index is 2.21. The molecule has 0 unspecified atom stereocenters. The molecular weight excluding hydrogens is 365 g/mol. The smallest absolute Gasteiger partial charge is 0.416 e. The standard InChI is InChI=1S/C14H13F3N2O3S2/c1-3-22-12(20)7-10-8(2)18-13(23-10)24-11-6-9(14(15,16)17)4-5-19(11)21/h4-6H,3,7H2,1-2H3. The van der Waals surface area contributed by atoms with E-state index in [9.17, 15) is 23.2 Å². The summed E-state index contributed by atoms with van der Waals surface area (Å²) in [5, 5.41) is 11.6. The Bertz CT molecular complexity index is 747. The van der Waals surface area contributed by atoms with Crippen LogP contribution in [-0.2, 0) is 22.1 Å². The summed E-state index contributed by atoms with van der Waals surface area (Å²) in [6, 6.07) is 1.50. The predicted molar refractivity (Wildman–Crippen MR) is 81.7 cm³/mol. The second-order valence-electron chi connectivity index (χ2n) is 4.65. The van der Waals surface area contributed by atoms with E-state index in [0.29, 0.717) is 19.6 Å². The minimum atomic E-state index is -4.53. The van der Waals surface area contributed by atoms with E-state index in [4.69, 9.17) is 4.74 Å². The molecule has 0 N–H and O–H groups in total. The molecule has 0 fully saturated rings. The van der Waals surface area contributed by atoms with E-state index < -0.39 is 17.7 Å². The molecule has 0 spiro atoms. The van der Waals surface area contributed by atoms with Crippen LogP contribution in [0, 0.1) is 12.1 Å². The number of carbonyl (C=O) groups is 1. The van der Waals surface area contributed by atoms with Crippen LogP contribution in [0.1, 0.15) is 23.1 Å². The maximum Gasteiger partial charge on any atom is 0.416 e. The van der Waals surface area contributed by atoms with E-state index in [1.165, 1.54) is 0 Å². The molecule has 0 atom stereocenters. The summed E-state index contributed by atoms with van der Waals surface area (Å²) < 4.78 is 43.8. The third-order valence-corrected chi connectivity index (χ3v) is 5.11. The number of thiazole rings is 1. The van der Waals surface area contributed by atoms with Crippen molar-refractivity contribution in [1.82, 2.24) is 4.98 Å². The molecule has 0 bridgehead atoms. The average molecular weight is 378 g/mol. The molecule has 24 heavy (non-hydrogen) atoms. The molecule has 0 aliphatic carbocycles. The van der Waals surface area contributed by atoms with Crippen LogP contribution in [-0.4, -0.2) is 17.6 Å². The molecule has 0 aliphatic heterocycles. The SMILES string of the molecule is CCOC(=O)Cc1sc(Sc2cc(C(F)(F)F)cc[n+]2[O-])nc1C. The highest BCUT2D eigenvalue weighted by atomic mass is 32.2. The maximum atomic E-state index is 12.7. The number of hydrogen-bond donors (Lipinski definition) is 0. The Morgan fingerprint density at radius 3 is 2.83 bits per heavy atom. The highest BCUT2D eigenvalue weighted by molar-refractivity contribution is 8.00. The van der Waals surface area contributed by atoms with Crippen LogP contribution in [0.4, 0.5) is 13.2 Å². The highest BCUT2D eigenvalue weighted by Crippen LogP contribution is 2.35. The van der Waals surface area contributed by atoms with E-state index in [2.05, 4.69) is 4.98 Å². The zero-order chi connectivity index (χ0) is 17.9. The summed E-state index contributed by atoms with van der Waals surface area (Å²) in [7, 11) is 0. The lowest BCUT2D eigenvalue weighted by atomic mass is 10.3. The molecule has 0 aliphatic rings. The molecule has 130 valence electrons. The number of halogens is 3. The van der Waals surface area contributed by atoms with Crippen molar-refractivity contribution in [1.29, 1.82) is 0 Å². The number of esters is 1. The zero-order valence-corrected chi connectivity index (χ0v) is 14.3. The Morgan fingerprint density at radius 1 is 1.50 bits per heavy atom. The van der Waals surface area contributed by atoms with Crippen LogP contribution in [0.2, 0.25) is 0 Å². The van der Waals surface area contributed by atoms with E-state index >= 15 is 0 Å². The lowest BCUT2D eigenvalue weighted by Crippen LogP contribution is -2.29. The maximum absolute atomic E-state index is 12.7. The molecule has 0 radical (unpaired) electrons. The fourth-order valence-electron chi connectivity index (χ4n) is 1.76. The van der Waals surface area contributed by atoms with Gasteiger partial charge in [-0.25, -0.2) is 4.98 Å². The molecule has 5 nitrogen and oxygen atoms in total. The van der Waals surface area contributed by atoms with Crippen LogP contribution < -0.4 is 4.73 Å². The van der Waals surface area contributed by atoms with E-state index in [-0.39, 0.29) is 18.1 Å². The van der Waals surface area contributed by atoms with Gasteiger partial charge in [-0.3, -0.25) is 4.79 Å². The lowest BCUT2D eigenvalue weighted by molar-refractivity contribution is -0.645. The minimum absolute atomic E-state index is 0.0395. The molecule has 2 aromatic rings. The summed E-state index contributed by atoms with van der Waals surface area (Å²) in [6.07, 6.45) is -3.68. The van der Waals surface area contributed by atoms with E-state index in [1.807, 2.05) is 0 Å². The first kappa shape index (κ1) is 18.5. The first-order valence-electron chi connectivity index (χ1n) is 6.81. The number of pyridine rings is 1. The average Bonchev–Trinajstić information content (AvgIpc) is 2.80. The topological polar surface area (TPSA) is 66.1 Å². The van der Waals surface area contributed by atoms with Gasteiger partial charge in [-0.2, -0.15) is 17.9 Å². The summed E-state index contributed by atoms with van der Waals surface area (Å²) in [6.45, 7) is 3.64. The van der Waals surface area contributed by atoms with Gasteiger partial charge < -0.3 is 9.94 Å². The number of aryl methyl sites for hydroxylation is 1. The molecule has 0 saturated carbocycles. The van der Waals surface area contributed by atoms with Gasteiger partial charge in [-0.15, -0.1) is 11.3 Å². The Labute approximate surface area is 144 Å². The molecule has 0 aromatic carbocycles. The van der Waals surface area contributed by atoms with E-state index in [0.717, 1.165) is 41.4 Å². The number of aromatic nitrogens is 2. The van der Waals surface area contributed by atoms with Gasteiger partial charge in [0, 0.05) is 28.8 Å². The summed E-state index contributed by atoms with van der Waals surface area (Å²) in [5.74, 6) is -0.404. The van der Waals surface area contributed by atoms with Crippen LogP contribution in [0.25, 0.3) is 0 Å². The minimum Gasteiger partial charge on any atom is -0.618 e. The molecule has 2 heterocycles. The van der Waals surface area contributed by atoms with E-state index in [1.54, 1.807) is 13.8 Å². The molecule has 10 heteroatoms. The number of ether oxygens (including phenoxy) is 1. The first-order valence-corrected chi connectivity index (χ1v) is 8.44. The van der Waals surface area contributed by atoms with Crippen LogP contribution in [0.5, 0.6) is 0 Å². The molecule has 2 aromatic heterocycles. The van der Waals surface area contributed by atoms with Crippen molar-refractivity contribution in [3.05, 3.63) is 39.7 Å². The molecule has 0 saturated heterocycles. The van der Waals surface area contributed by atoms with Gasteiger partial charge in [0.15, 0.2) is 10.5 Å². The van der Waals surface area contributed by atoms with Gasteiger partial charge in [0.2, 0.25) is 0 Å². The van der Waals surface area contributed by atoms with Crippen molar-refractivity contribution in [2.45, 2.75) is 35.8 Å². The van der Waals surface area contributed by atoms with Gasteiger partial charge >= 0.3 is 12.1 Å². The molecular formula is C14H13F3N2O3S2. The first-order chi connectivity index (χ1) is 11.2. The second kappa shape index (κ2) is 7.39. The van der Waals surface area contributed by atoms with Crippen molar-refractivity contribution in [2.24, 2.45) is 0 Å². The quantitative estimate of drug-likeness (QED) is 0.453. The van der Waals surface area contributed by atoms with Crippen molar-refractivity contribution in [2.75, 3.05) is 6.61 Å². The summed E-state index contributed by atoms with van der Waals surface area (Å²) >= 11 is 1.97. The zero-order valence-electron chi connectivity index (χ0n) is 12.7. The predicted octanol–water partition coefficient (Wildman–Crippen LogP) is 3.36. The number of hydrogen-bond acceptors (Lipinski definition) is 6. The fraction of sp³-hybridized carbons (Fsp3) is 0.357. The summed E-state index contributed by atoms with van der Waals surface area (Å²) in [5.41, 5.74) is -0.322. The third kappa shape index (κ3) is 4.60.